The predicted octanol–water partition coefficient (Wildman–Crippen LogP) is 0.475. The molecule has 2 heterocycles. The third-order valence-corrected chi connectivity index (χ3v) is 3.16. The van der Waals surface area contributed by atoms with Gasteiger partial charge in [0.05, 0.1) is 0 Å². The molecule has 0 bridgehead atoms. The molecule has 5 nitrogen and oxygen atoms in total. The van der Waals surface area contributed by atoms with Crippen LogP contribution < -0.4 is 0 Å². The van der Waals surface area contributed by atoms with Crippen molar-refractivity contribution in [3.63, 3.8) is 0 Å². The standard InChI is InChI=1S/C11H15NO4/c1-10(2,3)8-12-7(14)4-5-11(12,6-13)9(15)16-8/h6,8H,4-5H2,1-3H3/t8-,11-/m1/s1. The highest BCUT2D eigenvalue weighted by Gasteiger charge is 2.63. The largest absolute Gasteiger partial charge is 0.439 e. The van der Waals surface area contributed by atoms with Gasteiger partial charge in [-0.05, 0) is 6.42 Å². The molecule has 2 saturated heterocycles. The van der Waals surface area contributed by atoms with Crippen molar-refractivity contribution < 1.29 is 19.1 Å². The third kappa shape index (κ3) is 1.20. The normalized spacial score (nSPS) is 33.9. The number of ether oxygens (including phenoxy) is 1. The lowest BCUT2D eigenvalue weighted by Crippen LogP contribution is -2.51. The van der Waals surface area contributed by atoms with Gasteiger partial charge in [-0.1, -0.05) is 20.8 Å². The summed E-state index contributed by atoms with van der Waals surface area (Å²) in [5, 5.41) is 0. The van der Waals surface area contributed by atoms with E-state index in [0.717, 1.165) is 0 Å². The van der Waals surface area contributed by atoms with Crippen molar-refractivity contribution >= 4 is 18.2 Å². The van der Waals surface area contributed by atoms with E-state index >= 15 is 0 Å². The van der Waals surface area contributed by atoms with E-state index in [-0.39, 0.29) is 24.2 Å². The fraction of sp³-hybridized carbons (Fsp3) is 0.727. The molecule has 1 amide bonds. The van der Waals surface area contributed by atoms with Gasteiger partial charge in [0.1, 0.15) is 0 Å². The summed E-state index contributed by atoms with van der Waals surface area (Å²) in [6, 6.07) is 0. The molecule has 0 aromatic heterocycles. The minimum absolute atomic E-state index is 0.183. The van der Waals surface area contributed by atoms with Crippen LogP contribution in [0.3, 0.4) is 0 Å². The molecule has 88 valence electrons. The summed E-state index contributed by atoms with van der Waals surface area (Å²) in [5.41, 5.74) is -1.74. The number of fused-ring (bicyclic) bond motifs is 1. The molecule has 5 heteroatoms. The van der Waals surface area contributed by atoms with Gasteiger partial charge in [0.25, 0.3) is 0 Å². The van der Waals surface area contributed by atoms with Crippen LogP contribution in [0.1, 0.15) is 33.6 Å². The zero-order valence-corrected chi connectivity index (χ0v) is 9.65. The number of rotatable bonds is 1. The highest BCUT2D eigenvalue weighted by molar-refractivity contribution is 6.06. The summed E-state index contributed by atoms with van der Waals surface area (Å²) >= 11 is 0. The molecule has 2 atom stereocenters. The molecule has 2 aliphatic heterocycles. The van der Waals surface area contributed by atoms with Gasteiger partial charge in [-0.3, -0.25) is 9.69 Å². The number of amides is 1. The molecule has 2 aliphatic rings. The second-order valence-corrected chi connectivity index (χ2v) is 5.43. The number of esters is 1. The minimum atomic E-state index is -1.35. The van der Waals surface area contributed by atoms with Gasteiger partial charge in [0, 0.05) is 11.8 Å². The highest BCUT2D eigenvalue weighted by atomic mass is 16.6. The van der Waals surface area contributed by atoms with Gasteiger partial charge in [0.2, 0.25) is 5.91 Å². The number of aldehydes is 1. The molecule has 0 aliphatic carbocycles. The number of nitrogens with zero attached hydrogens (tertiary/aromatic N) is 1. The topological polar surface area (TPSA) is 63.7 Å². The maximum atomic E-state index is 11.8. The van der Waals surface area contributed by atoms with Crippen molar-refractivity contribution in [2.45, 2.75) is 45.4 Å². The molecule has 0 saturated carbocycles. The number of cyclic esters (lactones) is 1. The van der Waals surface area contributed by atoms with Crippen LogP contribution in [0.4, 0.5) is 0 Å². The number of carbonyl (C=O) groups excluding carboxylic acids is 3. The predicted molar refractivity (Wildman–Crippen MR) is 54.2 cm³/mol. The zero-order chi connectivity index (χ0) is 12.1. The van der Waals surface area contributed by atoms with Crippen molar-refractivity contribution in [1.29, 1.82) is 0 Å². The maximum Gasteiger partial charge on any atom is 0.341 e. The SMILES string of the molecule is CC(C)(C)[C@H]1OC(=O)[C@]2(C=O)CCC(=O)N12. The van der Waals surface area contributed by atoms with E-state index in [1.807, 2.05) is 20.8 Å². The Labute approximate surface area is 93.7 Å². The van der Waals surface area contributed by atoms with Gasteiger partial charge < -0.3 is 9.53 Å². The van der Waals surface area contributed by atoms with E-state index in [1.54, 1.807) is 0 Å². The van der Waals surface area contributed by atoms with E-state index in [1.165, 1.54) is 4.90 Å². The number of hydrogen-bond donors (Lipinski definition) is 0. The molecular formula is C11H15NO4. The molecular weight excluding hydrogens is 210 g/mol. The fourth-order valence-corrected chi connectivity index (χ4v) is 2.29. The van der Waals surface area contributed by atoms with Crippen molar-refractivity contribution in [1.82, 2.24) is 4.90 Å². The highest BCUT2D eigenvalue weighted by Crippen LogP contribution is 2.43. The van der Waals surface area contributed by atoms with E-state index in [4.69, 9.17) is 4.74 Å². The van der Waals surface area contributed by atoms with Crippen molar-refractivity contribution in [3.8, 4) is 0 Å². The van der Waals surface area contributed by atoms with Crippen LogP contribution in [0.5, 0.6) is 0 Å². The first-order valence-electron chi connectivity index (χ1n) is 5.32. The molecule has 0 unspecified atom stereocenters. The first kappa shape index (κ1) is 11.1. The molecule has 16 heavy (non-hydrogen) atoms. The molecule has 0 N–H and O–H groups in total. The van der Waals surface area contributed by atoms with Crippen molar-refractivity contribution in [3.05, 3.63) is 0 Å². The fourth-order valence-electron chi connectivity index (χ4n) is 2.29. The summed E-state index contributed by atoms with van der Waals surface area (Å²) in [6.45, 7) is 5.62. The minimum Gasteiger partial charge on any atom is -0.439 e. The summed E-state index contributed by atoms with van der Waals surface area (Å²) in [4.78, 5) is 36.0. The summed E-state index contributed by atoms with van der Waals surface area (Å²) in [5.74, 6) is -0.772. The zero-order valence-electron chi connectivity index (χ0n) is 9.65. The van der Waals surface area contributed by atoms with Gasteiger partial charge in [0.15, 0.2) is 18.1 Å². The quantitative estimate of drug-likeness (QED) is 0.370. The van der Waals surface area contributed by atoms with Gasteiger partial charge in [-0.25, -0.2) is 4.79 Å². The Bertz CT molecular complexity index is 371. The van der Waals surface area contributed by atoms with Crippen LogP contribution in [0, 0.1) is 5.41 Å². The Hall–Kier alpha value is -1.39. The van der Waals surface area contributed by atoms with Gasteiger partial charge in [-0.15, -0.1) is 0 Å². The summed E-state index contributed by atoms with van der Waals surface area (Å²) in [6.07, 6.45) is 0.382. The van der Waals surface area contributed by atoms with Crippen LogP contribution in [-0.4, -0.2) is 34.8 Å². The Morgan fingerprint density at radius 3 is 2.56 bits per heavy atom. The molecule has 0 aromatic rings. The number of hydrogen-bond acceptors (Lipinski definition) is 4. The lowest BCUT2D eigenvalue weighted by Gasteiger charge is -2.33. The summed E-state index contributed by atoms with van der Waals surface area (Å²) < 4.78 is 5.19. The monoisotopic (exact) mass is 225 g/mol. The van der Waals surface area contributed by atoms with E-state index in [9.17, 15) is 14.4 Å². The first-order valence-corrected chi connectivity index (χ1v) is 5.32. The smallest absolute Gasteiger partial charge is 0.341 e. The van der Waals surface area contributed by atoms with Crippen LogP contribution in [-0.2, 0) is 19.1 Å². The van der Waals surface area contributed by atoms with Crippen LogP contribution in [0.15, 0.2) is 0 Å². The Balaban J connectivity index is 2.46. The van der Waals surface area contributed by atoms with Gasteiger partial charge >= 0.3 is 5.97 Å². The van der Waals surface area contributed by atoms with Crippen LogP contribution in [0.25, 0.3) is 0 Å². The van der Waals surface area contributed by atoms with Gasteiger partial charge in [-0.2, -0.15) is 0 Å². The average molecular weight is 225 g/mol. The molecule has 0 aromatic carbocycles. The Kier molecular flexibility index (Phi) is 2.12. The Morgan fingerprint density at radius 1 is 1.44 bits per heavy atom. The molecule has 2 fully saturated rings. The molecule has 2 rings (SSSR count). The Morgan fingerprint density at radius 2 is 2.06 bits per heavy atom. The van der Waals surface area contributed by atoms with E-state index in [2.05, 4.69) is 0 Å². The molecule has 0 spiro atoms. The first-order chi connectivity index (χ1) is 7.33. The van der Waals surface area contributed by atoms with Crippen molar-refractivity contribution in [2.75, 3.05) is 0 Å². The third-order valence-electron chi connectivity index (χ3n) is 3.16. The van der Waals surface area contributed by atoms with Crippen LogP contribution >= 0.6 is 0 Å². The lowest BCUT2D eigenvalue weighted by molar-refractivity contribution is -0.151. The van der Waals surface area contributed by atoms with E-state index in [0.29, 0.717) is 6.29 Å². The second-order valence-electron chi connectivity index (χ2n) is 5.43. The lowest BCUT2D eigenvalue weighted by atomic mass is 9.92. The number of carbonyl (C=O) groups is 3. The maximum absolute atomic E-state index is 11.8. The van der Waals surface area contributed by atoms with E-state index < -0.39 is 17.7 Å². The van der Waals surface area contributed by atoms with Crippen LogP contribution in [0.2, 0.25) is 0 Å². The van der Waals surface area contributed by atoms with Crippen molar-refractivity contribution in [2.24, 2.45) is 5.41 Å². The second kappa shape index (κ2) is 3.06. The summed E-state index contributed by atoms with van der Waals surface area (Å²) in [7, 11) is 0. The average Bonchev–Trinajstić information content (AvgIpc) is 2.65. The molecule has 0 radical (unpaired) electrons.